The lowest BCUT2D eigenvalue weighted by atomic mass is 10.2. The summed E-state index contributed by atoms with van der Waals surface area (Å²) in [6.45, 7) is 1.69. The fourth-order valence-corrected chi connectivity index (χ4v) is 0.670. The molecule has 0 aromatic carbocycles. The van der Waals surface area contributed by atoms with E-state index in [-0.39, 0.29) is 11.3 Å². The van der Waals surface area contributed by atoms with Gasteiger partial charge in [-0.25, -0.2) is 0 Å². The molecule has 0 aromatic heterocycles. The van der Waals surface area contributed by atoms with Gasteiger partial charge in [0.2, 0.25) is 5.24 Å². The van der Waals surface area contributed by atoms with Crippen molar-refractivity contribution < 1.29 is 9.90 Å². The standard InChI is InChI=1S/C6H11ClO2/c1-5(8)3-2-4-6(7)9/h5,8H,2-4H2,1H3. The highest BCUT2D eigenvalue weighted by atomic mass is 35.5. The maximum absolute atomic E-state index is 10.1. The summed E-state index contributed by atoms with van der Waals surface area (Å²) in [5.74, 6) is 0. The van der Waals surface area contributed by atoms with Crippen LogP contribution in [0.5, 0.6) is 0 Å². The first-order valence-electron chi connectivity index (χ1n) is 2.99. The van der Waals surface area contributed by atoms with Gasteiger partial charge in [-0.05, 0) is 31.4 Å². The smallest absolute Gasteiger partial charge is 0.221 e. The van der Waals surface area contributed by atoms with Crippen molar-refractivity contribution in [2.75, 3.05) is 0 Å². The second-order valence-electron chi connectivity index (χ2n) is 2.10. The van der Waals surface area contributed by atoms with E-state index in [1.165, 1.54) is 0 Å². The van der Waals surface area contributed by atoms with Gasteiger partial charge in [-0.1, -0.05) is 0 Å². The first-order chi connectivity index (χ1) is 4.13. The molecule has 0 saturated carbocycles. The average molecular weight is 151 g/mol. The first-order valence-corrected chi connectivity index (χ1v) is 3.37. The van der Waals surface area contributed by atoms with E-state index in [1.54, 1.807) is 6.92 Å². The van der Waals surface area contributed by atoms with Crippen LogP contribution in [0.3, 0.4) is 0 Å². The second-order valence-corrected chi connectivity index (χ2v) is 2.52. The maximum atomic E-state index is 10.1. The van der Waals surface area contributed by atoms with E-state index in [1.807, 2.05) is 0 Å². The lowest BCUT2D eigenvalue weighted by Crippen LogP contribution is -1.99. The van der Waals surface area contributed by atoms with Crippen molar-refractivity contribution in [3.63, 3.8) is 0 Å². The van der Waals surface area contributed by atoms with Gasteiger partial charge in [0.05, 0.1) is 6.10 Å². The predicted molar refractivity (Wildman–Crippen MR) is 36.4 cm³/mol. The summed E-state index contributed by atoms with van der Waals surface area (Å²) in [5.41, 5.74) is 0. The van der Waals surface area contributed by atoms with Crippen molar-refractivity contribution in [1.29, 1.82) is 0 Å². The van der Waals surface area contributed by atoms with Crippen LogP contribution < -0.4 is 0 Å². The van der Waals surface area contributed by atoms with Crippen molar-refractivity contribution in [3.8, 4) is 0 Å². The van der Waals surface area contributed by atoms with Crippen LogP contribution >= 0.6 is 11.6 Å². The highest BCUT2D eigenvalue weighted by molar-refractivity contribution is 6.63. The van der Waals surface area contributed by atoms with Crippen LogP contribution in [0.4, 0.5) is 0 Å². The van der Waals surface area contributed by atoms with E-state index < -0.39 is 0 Å². The van der Waals surface area contributed by atoms with Crippen molar-refractivity contribution in [2.45, 2.75) is 32.3 Å². The Hall–Kier alpha value is -0.0800. The van der Waals surface area contributed by atoms with Gasteiger partial charge in [0.15, 0.2) is 0 Å². The fraction of sp³-hybridized carbons (Fsp3) is 0.833. The highest BCUT2D eigenvalue weighted by Gasteiger charge is 1.98. The zero-order valence-corrected chi connectivity index (χ0v) is 6.19. The molecule has 0 saturated heterocycles. The Morgan fingerprint density at radius 3 is 2.67 bits per heavy atom. The molecule has 0 rings (SSSR count). The summed E-state index contributed by atoms with van der Waals surface area (Å²) < 4.78 is 0. The molecule has 0 heterocycles. The third kappa shape index (κ3) is 7.92. The molecule has 0 radical (unpaired) electrons. The number of hydrogen-bond acceptors (Lipinski definition) is 2. The quantitative estimate of drug-likeness (QED) is 0.614. The molecule has 2 nitrogen and oxygen atoms in total. The third-order valence-corrected chi connectivity index (χ3v) is 1.18. The molecule has 1 unspecified atom stereocenters. The van der Waals surface area contributed by atoms with Gasteiger partial charge in [-0.2, -0.15) is 0 Å². The van der Waals surface area contributed by atoms with E-state index in [0.29, 0.717) is 19.3 Å². The Kier molecular flexibility index (Phi) is 4.72. The molecule has 0 aliphatic rings. The topological polar surface area (TPSA) is 37.3 Å². The number of carbonyl (C=O) groups is 1. The number of rotatable bonds is 4. The van der Waals surface area contributed by atoms with Crippen molar-refractivity contribution in [2.24, 2.45) is 0 Å². The number of carbonyl (C=O) groups excluding carboxylic acids is 1. The van der Waals surface area contributed by atoms with E-state index in [0.717, 1.165) is 0 Å². The number of hydrogen-bond donors (Lipinski definition) is 1. The molecule has 54 valence electrons. The SMILES string of the molecule is CC(O)CCCC(=O)Cl. The summed E-state index contributed by atoms with van der Waals surface area (Å²) in [6, 6.07) is 0. The summed E-state index contributed by atoms with van der Waals surface area (Å²) in [5, 5.41) is 8.39. The molecular formula is C6H11ClO2. The minimum absolute atomic E-state index is 0.319. The van der Waals surface area contributed by atoms with Gasteiger partial charge in [-0.3, -0.25) is 4.79 Å². The predicted octanol–water partition coefficient (Wildman–Crippen LogP) is 1.30. The highest BCUT2D eigenvalue weighted by Crippen LogP contribution is 2.01. The molecule has 0 fully saturated rings. The Bertz CT molecular complexity index is 91.1. The minimum Gasteiger partial charge on any atom is -0.393 e. The van der Waals surface area contributed by atoms with E-state index >= 15 is 0 Å². The fourth-order valence-electron chi connectivity index (χ4n) is 0.536. The first kappa shape index (κ1) is 8.92. The average Bonchev–Trinajstić information content (AvgIpc) is 1.63. The Morgan fingerprint density at radius 2 is 2.33 bits per heavy atom. The van der Waals surface area contributed by atoms with Crippen molar-refractivity contribution in [3.05, 3.63) is 0 Å². The van der Waals surface area contributed by atoms with Gasteiger partial charge in [-0.15, -0.1) is 0 Å². The molecule has 0 aliphatic heterocycles. The van der Waals surface area contributed by atoms with Crippen LogP contribution in [0.1, 0.15) is 26.2 Å². The summed E-state index contributed by atoms with van der Waals surface area (Å²) in [4.78, 5) is 10.1. The molecule has 0 aliphatic carbocycles. The van der Waals surface area contributed by atoms with Gasteiger partial charge in [0, 0.05) is 6.42 Å². The van der Waals surface area contributed by atoms with Crippen LogP contribution in [0, 0.1) is 0 Å². The lowest BCUT2D eigenvalue weighted by Gasteiger charge is -1.99. The van der Waals surface area contributed by atoms with E-state index in [4.69, 9.17) is 16.7 Å². The number of aliphatic hydroxyl groups is 1. The molecule has 1 N–H and O–H groups in total. The summed E-state index contributed by atoms with van der Waals surface area (Å²) in [6.07, 6.45) is 1.38. The monoisotopic (exact) mass is 150 g/mol. The van der Waals surface area contributed by atoms with Crippen LogP contribution in [-0.4, -0.2) is 16.5 Å². The molecule has 1 atom stereocenters. The van der Waals surface area contributed by atoms with Crippen LogP contribution in [0.2, 0.25) is 0 Å². The Balaban J connectivity index is 3.01. The van der Waals surface area contributed by atoms with Crippen LogP contribution in [0.15, 0.2) is 0 Å². The van der Waals surface area contributed by atoms with Gasteiger partial charge in [0.25, 0.3) is 0 Å². The number of aliphatic hydroxyl groups excluding tert-OH is 1. The summed E-state index contributed by atoms with van der Waals surface area (Å²) >= 11 is 5.04. The Morgan fingerprint density at radius 1 is 1.78 bits per heavy atom. The molecule has 0 amide bonds. The summed E-state index contributed by atoms with van der Waals surface area (Å²) in [7, 11) is 0. The van der Waals surface area contributed by atoms with Gasteiger partial charge < -0.3 is 5.11 Å². The molecule has 0 spiro atoms. The number of halogens is 1. The zero-order chi connectivity index (χ0) is 7.28. The van der Waals surface area contributed by atoms with E-state index in [2.05, 4.69) is 0 Å². The van der Waals surface area contributed by atoms with Crippen LogP contribution in [0.25, 0.3) is 0 Å². The van der Waals surface area contributed by atoms with E-state index in [9.17, 15) is 4.79 Å². The van der Waals surface area contributed by atoms with Gasteiger partial charge in [0.1, 0.15) is 0 Å². The molecule has 3 heteroatoms. The van der Waals surface area contributed by atoms with Crippen molar-refractivity contribution in [1.82, 2.24) is 0 Å². The maximum Gasteiger partial charge on any atom is 0.221 e. The molecule has 9 heavy (non-hydrogen) atoms. The Labute approximate surface area is 59.8 Å². The largest absolute Gasteiger partial charge is 0.393 e. The normalized spacial score (nSPS) is 13.2. The molecule has 0 bridgehead atoms. The van der Waals surface area contributed by atoms with Crippen molar-refractivity contribution >= 4 is 16.8 Å². The second kappa shape index (κ2) is 4.77. The zero-order valence-electron chi connectivity index (χ0n) is 5.43. The van der Waals surface area contributed by atoms with Crippen LogP contribution in [-0.2, 0) is 4.79 Å². The van der Waals surface area contributed by atoms with Gasteiger partial charge >= 0.3 is 0 Å². The molecular weight excluding hydrogens is 140 g/mol. The molecule has 0 aromatic rings. The lowest BCUT2D eigenvalue weighted by molar-refractivity contribution is -0.111. The third-order valence-electron chi connectivity index (χ3n) is 0.995. The minimum atomic E-state index is -0.323.